The van der Waals surface area contributed by atoms with E-state index in [2.05, 4.69) is 10.2 Å². The van der Waals surface area contributed by atoms with Crippen LogP contribution in [0.15, 0.2) is 24.3 Å². The topological polar surface area (TPSA) is 88.1 Å². The van der Waals surface area contributed by atoms with Crippen molar-refractivity contribution in [2.45, 2.75) is 38.8 Å². The van der Waals surface area contributed by atoms with Gasteiger partial charge in [-0.1, -0.05) is 0 Å². The number of alkyl halides is 2. The fourth-order valence-electron chi connectivity index (χ4n) is 2.36. The van der Waals surface area contributed by atoms with Gasteiger partial charge in [0.15, 0.2) is 0 Å². The molecule has 1 aromatic rings. The van der Waals surface area contributed by atoms with Crippen molar-refractivity contribution in [2.75, 3.05) is 36.4 Å². The van der Waals surface area contributed by atoms with E-state index in [1.165, 1.54) is 0 Å². The van der Waals surface area contributed by atoms with Crippen LogP contribution in [-0.2, 0) is 9.53 Å². The van der Waals surface area contributed by atoms with Gasteiger partial charge in [0.05, 0.1) is 12.5 Å². The lowest BCUT2D eigenvalue weighted by molar-refractivity contribution is -0.137. The van der Waals surface area contributed by atoms with Crippen LogP contribution in [0.25, 0.3) is 0 Å². The van der Waals surface area contributed by atoms with Gasteiger partial charge in [-0.05, 0) is 45.0 Å². The van der Waals surface area contributed by atoms with Gasteiger partial charge in [0.2, 0.25) is 0 Å². The molecular formula is C19H28Cl2N2O5. The van der Waals surface area contributed by atoms with E-state index < -0.39 is 23.7 Å². The molecule has 0 heterocycles. The Balaban J connectivity index is 2.68. The van der Waals surface area contributed by atoms with Crippen LogP contribution < -0.4 is 15.0 Å². The molecule has 0 saturated heterocycles. The third kappa shape index (κ3) is 9.90. The monoisotopic (exact) mass is 434 g/mol. The van der Waals surface area contributed by atoms with Crippen molar-refractivity contribution in [1.82, 2.24) is 5.32 Å². The van der Waals surface area contributed by atoms with Crippen LogP contribution in [0.5, 0.6) is 5.75 Å². The number of carbonyl (C=O) groups excluding carboxylic acids is 1. The van der Waals surface area contributed by atoms with Crippen LogP contribution in [0.4, 0.5) is 10.5 Å². The quantitative estimate of drug-likeness (QED) is 0.516. The molecule has 9 heteroatoms. The maximum absolute atomic E-state index is 11.9. The Morgan fingerprint density at radius 3 is 2.18 bits per heavy atom. The average molecular weight is 435 g/mol. The summed E-state index contributed by atoms with van der Waals surface area (Å²) in [6.45, 7) is 6.54. The highest BCUT2D eigenvalue weighted by Crippen LogP contribution is 2.20. The summed E-state index contributed by atoms with van der Waals surface area (Å²) in [6, 6.07) is 6.58. The van der Waals surface area contributed by atoms with Gasteiger partial charge < -0.3 is 24.8 Å². The first-order chi connectivity index (χ1) is 13.1. The predicted molar refractivity (Wildman–Crippen MR) is 111 cm³/mol. The molecule has 2 N–H and O–H groups in total. The van der Waals surface area contributed by atoms with Crippen molar-refractivity contribution in [3.63, 3.8) is 0 Å². The molecule has 28 heavy (non-hydrogen) atoms. The minimum Gasteiger partial charge on any atom is -0.491 e. The average Bonchev–Trinajstić information content (AvgIpc) is 2.58. The molecule has 0 aliphatic heterocycles. The van der Waals surface area contributed by atoms with Crippen LogP contribution in [0.1, 0.15) is 27.2 Å². The van der Waals surface area contributed by atoms with Gasteiger partial charge in [0.1, 0.15) is 18.0 Å². The zero-order chi connectivity index (χ0) is 21.2. The Morgan fingerprint density at radius 1 is 1.14 bits per heavy atom. The number of anilines is 1. The first-order valence-electron chi connectivity index (χ1n) is 8.95. The van der Waals surface area contributed by atoms with Crippen molar-refractivity contribution >= 4 is 41.0 Å². The van der Waals surface area contributed by atoms with Gasteiger partial charge in [-0.3, -0.25) is 4.79 Å². The molecule has 0 aliphatic carbocycles. The van der Waals surface area contributed by atoms with E-state index in [1.807, 2.05) is 12.1 Å². The molecule has 158 valence electrons. The number of nitrogens with zero attached hydrogens (tertiary/aromatic N) is 1. The van der Waals surface area contributed by atoms with Gasteiger partial charge in [-0.25, -0.2) is 4.79 Å². The number of carbonyl (C=O) groups is 2. The fourth-order valence-corrected chi connectivity index (χ4v) is 2.77. The van der Waals surface area contributed by atoms with Crippen molar-refractivity contribution in [1.29, 1.82) is 0 Å². The minimum atomic E-state index is -1.04. The molecule has 1 aromatic carbocycles. The van der Waals surface area contributed by atoms with Gasteiger partial charge in [-0.2, -0.15) is 0 Å². The first kappa shape index (κ1) is 24.2. The van der Waals surface area contributed by atoms with Crippen LogP contribution in [0, 0.1) is 0 Å². The summed E-state index contributed by atoms with van der Waals surface area (Å²) in [5.74, 6) is 0.490. The molecule has 1 atom stereocenters. The Kier molecular flexibility index (Phi) is 10.2. The van der Waals surface area contributed by atoms with E-state index in [-0.39, 0.29) is 13.0 Å². The number of rotatable bonds is 11. The smallest absolute Gasteiger partial charge is 0.408 e. The number of alkyl carbamates (subject to hydrolysis) is 1. The number of nitrogens with one attached hydrogen (secondary N) is 1. The predicted octanol–water partition coefficient (Wildman–Crippen LogP) is 3.72. The highest BCUT2D eigenvalue weighted by atomic mass is 35.5. The molecule has 0 spiro atoms. The van der Waals surface area contributed by atoms with E-state index in [0.29, 0.717) is 30.6 Å². The van der Waals surface area contributed by atoms with Crippen LogP contribution in [0.3, 0.4) is 0 Å². The van der Waals surface area contributed by atoms with Crippen molar-refractivity contribution in [3.05, 3.63) is 24.3 Å². The van der Waals surface area contributed by atoms with Crippen molar-refractivity contribution in [2.24, 2.45) is 0 Å². The minimum absolute atomic E-state index is 0.00202. The van der Waals surface area contributed by atoms with E-state index >= 15 is 0 Å². The Morgan fingerprint density at radius 2 is 1.71 bits per heavy atom. The molecular weight excluding hydrogens is 407 g/mol. The Hall–Kier alpha value is -1.86. The van der Waals surface area contributed by atoms with Crippen molar-refractivity contribution in [3.8, 4) is 5.75 Å². The first-order valence-corrected chi connectivity index (χ1v) is 10.0. The SMILES string of the molecule is CC(C)(C)OC(=O)N[C@@H](COc1ccc(N(CCCl)CCCl)cc1)CC(=O)O. The van der Waals surface area contributed by atoms with Crippen LogP contribution in [0.2, 0.25) is 0 Å². The van der Waals surface area contributed by atoms with Crippen molar-refractivity contribution < 1.29 is 24.2 Å². The summed E-state index contributed by atoms with van der Waals surface area (Å²) in [5.41, 5.74) is 0.287. The lowest BCUT2D eigenvalue weighted by atomic mass is 10.2. The van der Waals surface area contributed by atoms with E-state index in [4.69, 9.17) is 37.8 Å². The summed E-state index contributed by atoms with van der Waals surface area (Å²) in [6.07, 6.45) is -0.966. The largest absolute Gasteiger partial charge is 0.491 e. The molecule has 1 rings (SSSR count). The van der Waals surface area contributed by atoms with Crippen LogP contribution in [-0.4, -0.2) is 60.3 Å². The van der Waals surface area contributed by atoms with E-state index in [0.717, 1.165) is 5.69 Å². The third-order valence-corrected chi connectivity index (χ3v) is 3.84. The molecule has 1 amide bonds. The second kappa shape index (κ2) is 11.9. The molecule has 0 bridgehead atoms. The normalized spacial score (nSPS) is 12.2. The number of benzene rings is 1. The summed E-state index contributed by atoms with van der Waals surface area (Å²) < 4.78 is 10.8. The highest BCUT2D eigenvalue weighted by Gasteiger charge is 2.22. The number of aliphatic carboxylic acids is 1. The van der Waals surface area contributed by atoms with Gasteiger partial charge >= 0.3 is 12.1 Å². The van der Waals surface area contributed by atoms with Crippen LogP contribution >= 0.6 is 23.2 Å². The summed E-state index contributed by atoms with van der Waals surface area (Å²) >= 11 is 11.6. The zero-order valence-electron chi connectivity index (χ0n) is 16.4. The van der Waals surface area contributed by atoms with E-state index in [9.17, 15) is 9.59 Å². The number of hydrogen-bond acceptors (Lipinski definition) is 5. The van der Waals surface area contributed by atoms with Gasteiger partial charge in [0.25, 0.3) is 0 Å². The van der Waals surface area contributed by atoms with Gasteiger partial charge in [-0.15, -0.1) is 23.2 Å². The Bertz CT molecular complexity index is 614. The lowest BCUT2D eigenvalue weighted by Gasteiger charge is -2.24. The number of halogens is 2. The number of ether oxygens (including phenoxy) is 2. The third-order valence-electron chi connectivity index (χ3n) is 3.50. The molecule has 0 aliphatic rings. The summed E-state index contributed by atoms with van der Waals surface area (Å²) in [7, 11) is 0. The Labute approximate surface area is 175 Å². The molecule has 7 nitrogen and oxygen atoms in total. The second-order valence-corrected chi connectivity index (χ2v) is 7.87. The molecule has 0 radical (unpaired) electrons. The number of hydrogen-bond donors (Lipinski definition) is 2. The standard InChI is InChI=1S/C19H28Cl2N2O5/c1-19(2,3)28-18(26)22-14(12-17(24)25)13-27-16-6-4-15(5-7-16)23(10-8-20)11-9-21/h4-7,14H,8-13H2,1-3H3,(H,22,26)(H,24,25)/t14-/m1/s1. The highest BCUT2D eigenvalue weighted by molar-refractivity contribution is 6.18. The maximum Gasteiger partial charge on any atom is 0.408 e. The number of amides is 1. The number of carboxylic acid groups (broad SMARTS) is 1. The molecule has 0 saturated carbocycles. The maximum atomic E-state index is 11.9. The summed E-state index contributed by atoms with van der Waals surface area (Å²) in [5, 5.41) is 11.6. The molecule has 0 aromatic heterocycles. The summed E-state index contributed by atoms with van der Waals surface area (Å²) in [4.78, 5) is 25.0. The van der Waals surface area contributed by atoms with E-state index in [1.54, 1.807) is 32.9 Å². The molecule has 0 fully saturated rings. The van der Waals surface area contributed by atoms with Gasteiger partial charge in [0, 0.05) is 30.5 Å². The fraction of sp³-hybridized carbons (Fsp3) is 0.579. The number of carboxylic acids is 1. The zero-order valence-corrected chi connectivity index (χ0v) is 17.9. The lowest BCUT2D eigenvalue weighted by Crippen LogP contribution is -2.43. The molecule has 0 unspecified atom stereocenters. The second-order valence-electron chi connectivity index (χ2n) is 7.11.